The van der Waals surface area contributed by atoms with Crippen LogP contribution in [0.1, 0.15) is 17.7 Å². The number of ether oxygens (including phenoxy) is 1. The Morgan fingerprint density at radius 1 is 1.00 bits per heavy atom. The highest BCUT2D eigenvalue weighted by Crippen LogP contribution is 2.36. The number of fused-ring (bicyclic) bond motifs is 1. The lowest BCUT2D eigenvalue weighted by molar-refractivity contribution is -0.141. The molecule has 0 amide bonds. The molecule has 0 radical (unpaired) electrons. The van der Waals surface area contributed by atoms with Gasteiger partial charge in [-0.05, 0) is 54.8 Å². The lowest BCUT2D eigenvalue weighted by Crippen LogP contribution is -2.27. The van der Waals surface area contributed by atoms with Gasteiger partial charge in [0.15, 0.2) is 5.69 Å². The van der Waals surface area contributed by atoms with Crippen LogP contribution in [0.2, 0.25) is 0 Å². The van der Waals surface area contributed by atoms with Crippen molar-refractivity contribution < 1.29 is 17.9 Å². The van der Waals surface area contributed by atoms with Crippen molar-refractivity contribution in [3.63, 3.8) is 0 Å². The van der Waals surface area contributed by atoms with Crippen molar-refractivity contribution in [3.8, 4) is 17.0 Å². The number of nitrogens with zero attached hydrogens (tertiary/aromatic N) is 3. The van der Waals surface area contributed by atoms with E-state index in [9.17, 15) is 13.2 Å². The van der Waals surface area contributed by atoms with E-state index in [1.807, 2.05) is 24.3 Å². The van der Waals surface area contributed by atoms with E-state index in [0.717, 1.165) is 30.2 Å². The van der Waals surface area contributed by atoms with Crippen molar-refractivity contribution in [1.29, 1.82) is 0 Å². The number of alkyl halides is 3. The molecule has 2 heterocycles. The van der Waals surface area contributed by atoms with E-state index in [1.54, 1.807) is 29.2 Å². The molecule has 7 heteroatoms. The van der Waals surface area contributed by atoms with E-state index in [2.05, 4.69) is 9.97 Å². The Kier molecular flexibility index (Phi) is 4.66. The van der Waals surface area contributed by atoms with Crippen molar-refractivity contribution >= 4 is 11.6 Å². The van der Waals surface area contributed by atoms with Gasteiger partial charge in [0, 0.05) is 17.8 Å². The molecule has 28 heavy (non-hydrogen) atoms. The average molecular weight is 385 g/mol. The summed E-state index contributed by atoms with van der Waals surface area (Å²) in [6.45, 7) is 0.570. The third-order valence-corrected chi connectivity index (χ3v) is 4.74. The highest BCUT2D eigenvalue weighted by molar-refractivity contribution is 5.67. The normalized spacial score (nSPS) is 13.9. The second-order valence-corrected chi connectivity index (χ2v) is 6.55. The summed E-state index contributed by atoms with van der Waals surface area (Å²) in [6, 6.07) is 15.4. The fourth-order valence-corrected chi connectivity index (χ4v) is 3.35. The largest absolute Gasteiger partial charge is 0.497 e. The van der Waals surface area contributed by atoms with Gasteiger partial charge in [0.2, 0.25) is 5.95 Å². The molecule has 0 fully saturated rings. The molecule has 1 aromatic heterocycles. The molecule has 3 aromatic rings. The first-order valence-corrected chi connectivity index (χ1v) is 8.92. The van der Waals surface area contributed by atoms with Gasteiger partial charge in [0.05, 0.1) is 12.8 Å². The fraction of sp³-hybridized carbons (Fsp3) is 0.238. The van der Waals surface area contributed by atoms with Crippen LogP contribution in [0.5, 0.6) is 5.75 Å². The van der Waals surface area contributed by atoms with Crippen LogP contribution in [0, 0.1) is 0 Å². The van der Waals surface area contributed by atoms with Gasteiger partial charge in [-0.1, -0.05) is 18.2 Å². The van der Waals surface area contributed by atoms with Crippen LogP contribution in [0.4, 0.5) is 24.8 Å². The molecule has 0 saturated heterocycles. The van der Waals surface area contributed by atoms with Crippen molar-refractivity contribution in [2.45, 2.75) is 19.0 Å². The van der Waals surface area contributed by atoms with Crippen LogP contribution in [0.25, 0.3) is 11.3 Å². The Hall–Kier alpha value is -3.09. The van der Waals surface area contributed by atoms with Crippen molar-refractivity contribution in [2.75, 3.05) is 18.6 Å². The average Bonchev–Trinajstić information content (AvgIpc) is 2.72. The van der Waals surface area contributed by atoms with Gasteiger partial charge < -0.3 is 9.64 Å². The summed E-state index contributed by atoms with van der Waals surface area (Å²) in [6.07, 6.45) is -2.85. The molecule has 1 aliphatic heterocycles. The maximum atomic E-state index is 13.5. The van der Waals surface area contributed by atoms with Crippen molar-refractivity contribution in [1.82, 2.24) is 9.97 Å². The SMILES string of the molecule is COc1ccc(-c2cc(C(F)(F)F)nc(N3CCCc4ccccc43)n2)cc1. The first kappa shape index (κ1) is 18.3. The van der Waals surface area contributed by atoms with Crippen LogP contribution < -0.4 is 9.64 Å². The van der Waals surface area contributed by atoms with E-state index < -0.39 is 11.9 Å². The third-order valence-electron chi connectivity index (χ3n) is 4.74. The summed E-state index contributed by atoms with van der Waals surface area (Å²) in [5.41, 5.74) is 1.78. The number of benzene rings is 2. The summed E-state index contributed by atoms with van der Waals surface area (Å²) < 4.78 is 45.7. The molecular weight excluding hydrogens is 367 g/mol. The minimum absolute atomic E-state index is 0.0628. The van der Waals surface area contributed by atoms with Crippen LogP contribution in [0.15, 0.2) is 54.6 Å². The molecule has 0 saturated carbocycles. The van der Waals surface area contributed by atoms with Crippen molar-refractivity contribution in [2.24, 2.45) is 0 Å². The topological polar surface area (TPSA) is 38.2 Å². The Morgan fingerprint density at radius 3 is 2.46 bits per heavy atom. The summed E-state index contributed by atoms with van der Waals surface area (Å²) in [7, 11) is 1.54. The minimum Gasteiger partial charge on any atom is -0.497 e. The molecule has 0 aliphatic carbocycles. The van der Waals surface area contributed by atoms with Gasteiger partial charge in [0.25, 0.3) is 0 Å². The second kappa shape index (κ2) is 7.14. The molecule has 0 unspecified atom stereocenters. The number of aryl methyl sites for hydroxylation is 1. The first-order valence-electron chi connectivity index (χ1n) is 8.92. The quantitative estimate of drug-likeness (QED) is 0.617. The van der Waals surface area contributed by atoms with Crippen LogP contribution in [-0.4, -0.2) is 23.6 Å². The number of aromatic nitrogens is 2. The number of para-hydroxylation sites is 1. The maximum Gasteiger partial charge on any atom is 0.433 e. The predicted molar refractivity (Wildman–Crippen MR) is 101 cm³/mol. The van der Waals surface area contributed by atoms with E-state index in [1.165, 1.54) is 7.11 Å². The second-order valence-electron chi connectivity index (χ2n) is 6.55. The van der Waals surface area contributed by atoms with E-state index in [4.69, 9.17) is 4.74 Å². The lowest BCUT2D eigenvalue weighted by atomic mass is 10.0. The molecular formula is C21H18F3N3O. The Balaban J connectivity index is 1.84. The standard InChI is InChI=1S/C21H18F3N3O/c1-28-16-10-8-14(9-11-16)17-13-19(21(22,23)24)26-20(25-17)27-12-4-6-15-5-2-3-7-18(15)27/h2-3,5,7-11,13H,4,6,12H2,1H3. The smallest absolute Gasteiger partial charge is 0.433 e. The van der Waals surface area contributed by atoms with Gasteiger partial charge in [0.1, 0.15) is 5.75 Å². The monoisotopic (exact) mass is 385 g/mol. The number of rotatable bonds is 3. The molecule has 144 valence electrons. The van der Waals surface area contributed by atoms with Crippen LogP contribution in [0.3, 0.4) is 0 Å². The summed E-state index contributed by atoms with van der Waals surface area (Å²) in [5, 5.41) is 0. The van der Waals surface area contributed by atoms with Crippen LogP contribution >= 0.6 is 0 Å². The van der Waals surface area contributed by atoms with Gasteiger partial charge in [-0.3, -0.25) is 0 Å². The third kappa shape index (κ3) is 3.52. The highest BCUT2D eigenvalue weighted by Gasteiger charge is 2.35. The van der Waals surface area contributed by atoms with Crippen LogP contribution in [-0.2, 0) is 12.6 Å². The summed E-state index contributed by atoms with van der Waals surface area (Å²) in [5.74, 6) is 0.687. The molecule has 0 N–H and O–H groups in total. The zero-order valence-corrected chi connectivity index (χ0v) is 15.2. The molecule has 0 bridgehead atoms. The predicted octanol–water partition coefficient (Wildman–Crippen LogP) is 5.26. The minimum atomic E-state index is -4.56. The first-order chi connectivity index (χ1) is 13.5. The van der Waals surface area contributed by atoms with E-state index in [0.29, 0.717) is 17.9 Å². The Labute approximate surface area is 160 Å². The van der Waals surface area contributed by atoms with E-state index >= 15 is 0 Å². The number of hydrogen-bond donors (Lipinski definition) is 0. The Bertz CT molecular complexity index is 987. The number of halogens is 3. The lowest BCUT2D eigenvalue weighted by Gasteiger charge is -2.30. The summed E-state index contributed by atoms with van der Waals surface area (Å²) in [4.78, 5) is 10.1. The zero-order valence-electron chi connectivity index (χ0n) is 15.2. The molecule has 2 aromatic carbocycles. The molecule has 0 atom stereocenters. The molecule has 1 aliphatic rings. The van der Waals surface area contributed by atoms with E-state index in [-0.39, 0.29) is 11.6 Å². The maximum absolute atomic E-state index is 13.5. The number of anilines is 2. The Morgan fingerprint density at radius 2 is 1.75 bits per heavy atom. The van der Waals surface area contributed by atoms with Gasteiger partial charge >= 0.3 is 6.18 Å². The van der Waals surface area contributed by atoms with Gasteiger partial charge in [-0.2, -0.15) is 13.2 Å². The molecule has 0 spiro atoms. The van der Waals surface area contributed by atoms with Gasteiger partial charge in [-0.25, -0.2) is 9.97 Å². The highest BCUT2D eigenvalue weighted by atomic mass is 19.4. The molecule has 4 nitrogen and oxygen atoms in total. The number of hydrogen-bond acceptors (Lipinski definition) is 4. The van der Waals surface area contributed by atoms with Crippen molar-refractivity contribution in [3.05, 3.63) is 65.9 Å². The molecule has 4 rings (SSSR count). The summed E-state index contributed by atoms with van der Waals surface area (Å²) >= 11 is 0. The number of methoxy groups -OCH3 is 1. The fourth-order valence-electron chi connectivity index (χ4n) is 3.35. The van der Waals surface area contributed by atoms with Gasteiger partial charge in [-0.15, -0.1) is 0 Å². The zero-order chi connectivity index (χ0) is 19.7.